The van der Waals surface area contributed by atoms with E-state index < -0.39 is 23.3 Å². The van der Waals surface area contributed by atoms with Gasteiger partial charge in [-0.1, -0.05) is 12.8 Å². The Kier molecular flexibility index (Phi) is 7.54. The van der Waals surface area contributed by atoms with Crippen molar-refractivity contribution in [1.29, 1.82) is 0 Å². The average Bonchev–Trinajstić information content (AvgIpc) is 2.84. The molecule has 1 aromatic carbocycles. The number of nitrogens with two attached hydrogens (primary N) is 2. The molecule has 4 N–H and O–H groups in total. The summed E-state index contributed by atoms with van der Waals surface area (Å²) >= 11 is 0. The largest absolute Gasteiger partial charge is 0.524 e. The van der Waals surface area contributed by atoms with Crippen LogP contribution in [0.3, 0.4) is 0 Å². The smallest absolute Gasteiger partial charge is 0.390 e. The molecule has 0 fully saturated rings. The van der Waals surface area contributed by atoms with Crippen molar-refractivity contribution in [1.82, 2.24) is 0 Å². The highest BCUT2D eigenvalue weighted by Crippen LogP contribution is 2.18. The second-order valence-corrected chi connectivity index (χ2v) is 5.35. The summed E-state index contributed by atoms with van der Waals surface area (Å²) in [6.45, 7) is 1.65. The Morgan fingerprint density at radius 2 is 0.786 bits per heavy atom. The van der Waals surface area contributed by atoms with E-state index in [-0.39, 0.29) is 22.3 Å². The maximum absolute atomic E-state index is 11.0. The Bertz CT molecular complexity index is 1010. The fraction of sp³-hybridized carbons (Fsp3) is 0.375. The van der Waals surface area contributed by atoms with Crippen LogP contribution >= 0.6 is 0 Å². The summed E-state index contributed by atoms with van der Waals surface area (Å²) in [6.07, 6.45) is 4.79. The van der Waals surface area contributed by atoms with Crippen molar-refractivity contribution >= 4 is 22.3 Å². The maximum Gasteiger partial charge on any atom is 0.524 e. The van der Waals surface area contributed by atoms with E-state index in [9.17, 15) is 19.2 Å². The molecule has 0 bridgehead atoms. The zero-order valence-electron chi connectivity index (χ0n) is 14.6. The quantitative estimate of drug-likeness (QED) is 0.567. The van der Waals surface area contributed by atoms with Crippen molar-refractivity contribution in [3.05, 3.63) is 54.6 Å². The second kappa shape index (κ2) is 10.1. The van der Waals surface area contributed by atoms with Crippen molar-refractivity contribution in [3.8, 4) is 0 Å². The summed E-state index contributed by atoms with van der Waals surface area (Å²) in [5.41, 5.74) is 9.47. The summed E-state index contributed by atoms with van der Waals surface area (Å²) in [7, 11) is 0. The van der Waals surface area contributed by atoms with Crippen molar-refractivity contribution in [2.75, 3.05) is 13.1 Å². The third-order valence-corrected chi connectivity index (χ3v) is 3.27. The van der Waals surface area contributed by atoms with Crippen LogP contribution in [0.1, 0.15) is 25.7 Å². The van der Waals surface area contributed by atoms with Crippen LogP contribution in [0, 0.1) is 0 Å². The summed E-state index contributed by atoms with van der Waals surface area (Å²) in [4.78, 5) is 44.2. The highest BCUT2D eigenvalue weighted by atomic mass is 16.6. The Morgan fingerprint density at radius 1 is 0.500 bits per heavy atom. The van der Waals surface area contributed by atoms with Crippen LogP contribution < -0.4 is 34.8 Å². The van der Waals surface area contributed by atoms with Gasteiger partial charge in [-0.3, -0.25) is 0 Å². The van der Waals surface area contributed by atoms with Crippen molar-refractivity contribution < 1.29 is 26.5 Å². The predicted octanol–water partition coefficient (Wildman–Crippen LogP) is 0.580. The summed E-state index contributed by atoms with van der Waals surface area (Å²) in [6, 6.07) is 1.98. The molecule has 12 heteroatoms. The van der Waals surface area contributed by atoms with Gasteiger partial charge in [0.2, 0.25) is 0 Å². The first-order valence-corrected chi connectivity index (χ1v) is 8.24. The fourth-order valence-electron chi connectivity index (χ4n) is 2.06. The molecule has 28 heavy (non-hydrogen) atoms. The lowest BCUT2D eigenvalue weighted by atomic mass is 10.2. The van der Waals surface area contributed by atoms with E-state index in [1.165, 1.54) is 12.8 Å². The van der Waals surface area contributed by atoms with Crippen molar-refractivity contribution in [2.45, 2.75) is 25.7 Å². The van der Waals surface area contributed by atoms with E-state index in [4.69, 9.17) is 11.5 Å². The van der Waals surface area contributed by atoms with Crippen LogP contribution in [0.25, 0.3) is 22.3 Å². The van der Waals surface area contributed by atoms with E-state index in [0.29, 0.717) is 0 Å². The van der Waals surface area contributed by atoms with Crippen molar-refractivity contribution in [3.63, 3.8) is 0 Å². The highest BCUT2D eigenvalue weighted by molar-refractivity contribution is 5.85. The van der Waals surface area contributed by atoms with E-state index in [0.717, 1.165) is 38.1 Å². The molecule has 0 aliphatic rings. The molecule has 2 heterocycles. The summed E-state index contributed by atoms with van der Waals surface area (Å²) < 4.78 is 26.6. The van der Waals surface area contributed by atoms with E-state index >= 15 is 0 Å². The van der Waals surface area contributed by atoms with Gasteiger partial charge in [0.15, 0.2) is 22.3 Å². The first-order valence-electron chi connectivity index (χ1n) is 8.24. The normalized spacial score (nSPS) is 10.5. The summed E-state index contributed by atoms with van der Waals surface area (Å²) in [5, 5.41) is 0. The fourth-order valence-corrected chi connectivity index (χ4v) is 2.06. The van der Waals surface area contributed by atoms with E-state index in [2.05, 4.69) is 26.5 Å². The zero-order chi connectivity index (χ0) is 20.5. The Hall–Kier alpha value is -3.38. The first kappa shape index (κ1) is 20.9. The Labute approximate surface area is 154 Å². The lowest BCUT2D eigenvalue weighted by Gasteiger charge is -1.94. The minimum atomic E-state index is -1.33. The van der Waals surface area contributed by atoms with E-state index in [1.807, 2.05) is 0 Å². The molecule has 0 aliphatic carbocycles. The number of rotatable bonds is 5. The molecule has 0 aliphatic heterocycles. The van der Waals surface area contributed by atoms with Crippen LogP contribution in [-0.2, 0) is 0 Å². The number of hydrogen-bond donors (Lipinski definition) is 2. The number of fused-ring (bicyclic) bond motifs is 2. The lowest BCUT2D eigenvalue weighted by molar-refractivity contribution is 0.280. The van der Waals surface area contributed by atoms with Gasteiger partial charge >= 0.3 is 23.3 Å². The molecule has 0 amide bonds. The summed E-state index contributed by atoms with van der Waals surface area (Å²) in [5.74, 6) is -5.33. The zero-order valence-corrected chi connectivity index (χ0v) is 14.6. The van der Waals surface area contributed by atoms with Crippen LogP contribution in [0.2, 0.25) is 0 Å². The molecule has 0 atom stereocenters. The van der Waals surface area contributed by atoms with Crippen LogP contribution in [0.4, 0.5) is 0 Å². The van der Waals surface area contributed by atoms with Gasteiger partial charge in [-0.2, -0.15) is 0 Å². The molecule has 3 rings (SSSR count). The first-order chi connectivity index (χ1) is 13.4. The Morgan fingerprint density at radius 3 is 1.04 bits per heavy atom. The molecule has 152 valence electrons. The molecule has 3 aromatic rings. The number of unbranched alkanes of at least 4 members (excludes halogenated alkanes) is 3. The van der Waals surface area contributed by atoms with Gasteiger partial charge in [-0.25, -0.2) is 19.2 Å². The van der Waals surface area contributed by atoms with Gasteiger partial charge in [0.1, 0.15) is 0 Å². The van der Waals surface area contributed by atoms with E-state index in [1.54, 1.807) is 0 Å². The molecule has 0 unspecified atom stereocenters. The molecule has 0 saturated carbocycles. The predicted molar refractivity (Wildman–Crippen MR) is 94.3 cm³/mol. The third-order valence-electron chi connectivity index (χ3n) is 3.27. The third kappa shape index (κ3) is 6.10. The average molecular weight is 398 g/mol. The Balaban J connectivity index is 0.000000300. The minimum absolute atomic E-state index is 0.273. The highest BCUT2D eigenvalue weighted by Gasteiger charge is 2.08. The lowest BCUT2D eigenvalue weighted by Crippen LogP contribution is -2.01. The van der Waals surface area contributed by atoms with Gasteiger partial charge < -0.3 is 38.0 Å². The van der Waals surface area contributed by atoms with Gasteiger partial charge in [-0.15, -0.1) is 0 Å². The molecule has 0 spiro atoms. The number of hydrogen-bond acceptors (Lipinski definition) is 12. The number of benzene rings is 1. The molecule has 2 aromatic heterocycles. The standard InChI is InChI=1S/C10H2O10.C6H16N2/c11-7-15-3-1-4-6(2-5(3)17-9(13)19-7)18-10(14)20-8(12)16-4;7-5-3-1-2-4-6-8/h1-2H;1-8H2. The minimum Gasteiger partial charge on any atom is -0.390 e. The second-order valence-electron chi connectivity index (χ2n) is 5.35. The molecular weight excluding hydrogens is 380 g/mol. The molecule has 0 radical (unpaired) electrons. The maximum atomic E-state index is 11.0. The van der Waals surface area contributed by atoms with Crippen molar-refractivity contribution in [2.24, 2.45) is 11.5 Å². The molecule has 0 saturated heterocycles. The monoisotopic (exact) mass is 398 g/mol. The van der Waals surface area contributed by atoms with Gasteiger partial charge in [-0.05, 0) is 25.9 Å². The van der Waals surface area contributed by atoms with Crippen LogP contribution in [0.15, 0.2) is 57.8 Å². The van der Waals surface area contributed by atoms with Gasteiger partial charge in [0, 0.05) is 12.1 Å². The van der Waals surface area contributed by atoms with Crippen LogP contribution in [0.5, 0.6) is 0 Å². The molecular formula is C16H18N2O10. The SMILES string of the molecule is NCCCCCCN.O=c1oc(=O)oc2cc3oc(=O)oc(=O)oc3cc2o1. The topological polar surface area (TPSA) is 199 Å². The van der Waals surface area contributed by atoms with Gasteiger partial charge in [0.05, 0.1) is 0 Å². The van der Waals surface area contributed by atoms with Gasteiger partial charge in [0.25, 0.3) is 0 Å². The van der Waals surface area contributed by atoms with Crippen LogP contribution in [-0.4, -0.2) is 13.1 Å². The molecule has 12 nitrogen and oxygen atoms in total.